The van der Waals surface area contributed by atoms with Gasteiger partial charge in [0.1, 0.15) is 0 Å². The highest BCUT2D eigenvalue weighted by Crippen LogP contribution is 2.34. The molecule has 2 nitrogen and oxygen atoms in total. The zero-order valence-corrected chi connectivity index (χ0v) is 12.1. The van der Waals surface area contributed by atoms with Gasteiger partial charge in [0.25, 0.3) is 0 Å². The van der Waals surface area contributed by atoms with E-state index in [0.717, 1.165) is 6.42 Å². The monoisotopic (exact) mass is 248 g/mol. The van der Waals surface area contributed by atoms with Gasteiger partial charge in [0.05, 0.1) is 12.0 Å². The SMILES string of the molecule is CCOC(CC(C)C)C(C(=O)Cl)C(C)(C)C. The van der Waals surface area contributed by atoms with E-state index in [1.807, 2.05) is 27.7 Å². The van der Waals surface area contributed by atoms with Crippen LogP contribution in [0.4, 0.5) is 0 Å². The number of halogens is 1. The van der Waals surface area contributed by atoms with Crippen molar-refractivity contribution in [2.75, 3.05) is 6.61 Å². The van der Waals surface area contributed by atoms with Crippen molar-refractivity contribution < 1.29 is 9.53 Å². The lowest BCUT2D eigenvalue weighted by molar-refractivity contribution is -0.126. The van der Waals surface area contributed by atoms with Crippen LogP contribution < -0.4 is 0 Å². The molecule has 2 atom stereocenters. The van der Waals surface area contributed by atoms with Gasteiger partial charge in [0.15, 0.2) is 0 Å². The van der Waals surface area contributed by atoms with Crippen LogP contribution in [0.25, 0.3) is 0 Å². The van der Waals surface area contributed by atoms with Crippen molar-refractivity contribution in [2.24, 2.45) is 17.3 Å². The maximum Gasteiger partial charge on any atom is 0.227 e. The van der Waals surface area contributed by atoms with Crippen molar-refractivity contribution in [2.45, 2.75) is 54.1 Å². The summed E-state index contributed by atoms with van der Waals surface area (Å²) in [7, 11) is 0. The Morgan fingerprint density at radius 3 is 2.06 bits per heavy atom. The van der Waals surface area contributed by atoms with E-state index in [4.69, 9.17) is 16.3 Å². The number of carbonyl (C=O) groups excluding carboxylic acids is 1. The summed E-state index contributed by atoms with van der Waals surface area (Å²) in [5, 5.41) is -0.286. The van der Waals surface area contributed by atoms with E-state index in [2.05, 4.69) is 13.8 Å². The van der Waals surface area contributed by atoms with Crippen molar-refractivity contribution in [3.05, 3.63) is 0 Å². The van der Waals surface area contributed by atoms with Gasteiger partial charge in [-0.25, -0.2) is 0 Å². The number of hydrogen-bond donors (Lipinski definition) is 0. The summed E-state index contributed by atoms with van der Waals surface area (Å²) in [6.07, 6.45) is 0.795. The highest BCUT2D eigenvalue weighted by Gasteiger charge is 2.37. The average Bonchev–Trinajstić information content (AvgIpc) is 1.98. The molecule has 0 aliphatic carbocycles. The smallest absolute Gasteiger partial charge is 0.227 e. The lowest BCUT2D eigenvalue weighted by Crippen LogP contribution is -2.39. The molecule has 0 fully saturated rings. The van der Waals surface area contributed by atoms with Crippen LogP contribution in [0, 0.1) is 17.3 Å². The average molecular weight is 249 g/mol. The van der Waals surface area contributed by atoms with Crippen LogP contribution >= 0.6 is 11.6 Å². The lowest BCUT2D eigenvalue weighted by Gasteiger charge is -2.35. The summed E-state index contributed by atoms with van der Waals surface area (Å²) in [5.74, 6) is 0.258. The molecule has 0 aromatic rings. The molecule has 0 aliphatic heterocycles. The Bertz CT molecular complexity index is 218. The molecule has 0 rings (SSSR count). The second-order valence-corrected chi connectivity index (χ2v) is 6.14. The van der Waals surface area contributed by atoms with E-state index in [1.165, 1.54) is 0 Å². The molecule has 96 valence electrons. The van der Waals surface area contributed by atoms with Crippen molar-refractivity contribution in [1.29, 1.82) is 0 Å². The van der Waals surface area contributed by atoms with Crippen LogP contribution in [0.5, 0.6) is 0 Å². The Morgan fingerprint density at radius 2 is 1.81 bits per heavy atom. The van der Waals surface area contributed by atoms with Gasteiger partial charge in [-0.2, -0.15) is 0 Å². The van der Waals surface area contributed by atoms with Gasteiger partial charge in [0.2, 0.25) is 5.24 Å². The van der Waals surface area contributed by atoms with Crippen LogP contribution in [0.2, 0.25) is 0 Å². The van der Waals surface area contributed by atoms with E-state index in [1.54, 1.807) is 0 Å². The number of hydrogen-bond acceptors (Lipinski definition) is 2. The van der Waals surface area contributed by atoms with E-state index in [9.17, 15) is 4.79 Å². The Balaban J connectivity index is 4.87. The minimum atomic E-state index is -0.286. The molecular formula is C13H25ClO2. The third-order valence-corrected chi connectivity index (χ3v) is 2.87. The van der Waals surface area contributed by atoms with Crippen molar-refractivity contribution in [3.63, 3.8) is 0 Å². The van der Waals surface area contributed by atoms with Crippen LogP contribution in [0.3, 0.4) is 0 Å². The Labute approximate surface area is 105 Å². The number of ether oxygens (including phenoxy) is 1. The first-order valence-corrected chi connectivity index (χ1v) is 6.38. The maximum atomic E-state index is 11.6. The quantitative estimate of drug-likeness (QED) is 0.667. The van der Waals surface area contributed by atoms with Crippen LogP contribution in [0.15, 0.2) is 0 Å². The summed E-state index contributed by atoms with van der Waals surface area (Å²) in [5.41, 5.74) is -0.159. The first-order chi connectivity index (χ1) is 7.20. The van der Waals surface area contributed by atoms with Gasteiger partial charge in [-0.3, -0.25) is 4.79 Å². The zero-order valence-electron chi connectivity index (χ0n) is 11.3. The molecule has 0 aromatic heterocycles. The van der Waals surface area contributed by atoms with Crippen LogP contribution in [-0.4, -0.2) is 18.0 Å². The number of carbonyl (C=O) groups is 1. The lowest BCUT2D eigenvalue weighted by atomic mass is 9.76. The largest absolute Gasteiger partial charge is 0.378 e. The molecule has 0 heterocycles. The van der Waals surface area contributed by atoms with Crippen LogP contribution in [-0.2, 0) is 9.53 Å². The van der Waals surface area contributed by atoms with E-state index in [-0.39, 0.29) is 22.7 Å². The second-order valence-electron chi connectivity index (χ2n) is 5.77. The normalized spacial score (nSPS) is 16.2. The summed E-state index contributed by atoms with van der Waals surface area (Å²) in [4.78, 5) is 11.6. The third-order valence-electron chi connectivity index (χ3n) is 2.63. The Morgan fingerprint density at radius 1 is 1.31 bits per heavy atom. The van der Waals surface area contributed by atoms with Gasteiger partial charge in [-0.1, -0.05) is 34.6 Å². The second kappa shape index (κ2) is 6.61. The predicted molar refractivity (Wildman–Crippen MR) is 68.7 cm³/mol. The third kappa shape index (κ3) is 5.31. The van der Waals surface area contributed by atoms with Gasteiger partial charge in [-0.05, 0) is 36.3 Å². The molecule has 2 unspecified atom stereocenters. The van der Waals surface area contributed by atoms with E-state index >= 15 is 0 Å². The highest BCUT2D eigenvalue weighted by molar-refractivity contribution is 6.64. The topological polar surface area (TPSA) is 26.3 Å². The highest BCUT2D eigenvalue weighted by atomic mass is 35.5. The van der Waals surface area contributed by atoms with Gasteiger partial charge >= 0.3 is 0 Å². The Kier molecular flexibility index (Phi) is 6.57. The van der Waals surface area contributed by atoms with Crippen molar-refractivity contribution >= 4 is 16.8 Å². The molecular weight excluding hydrogens is 224 g/mol. The molecule has 0 saturated carbocycles. The molecule has 0 bridgehead atoms. The minimum Gasteiger partial charge on any atom is -0.378 e. The molecule has 0 saturated heterocycles. The van der Waals surface area contributed by atoms with Crippen LogP contribution in [0.1, 0.15) is 48.0 Å². The zero-order chi connectivity index (χ0) is 12.9. The maximum absolute atomic E-state index is 11.6. The molecule has 0 aromatic carbocycles. The van der Waals surface area contributed by atoms with E-state index in [0.29, 0.717) is 12.5 Å². The molecule has 16 heavy (non-hydrogen) atoms. The first kappa shape index (κ1) is 15.9. The standard InChI is InChI=1S/C13H25ClO2/c1-7-16-10(8-9(2)3)11(12(14)15)13(4,5)6/h9-11H,7-8H2,1-6H3. The van der Waals surface area contributed by atoms with Crippen molar-refractivity contribution in [3.8, 4) is 0 Å². The molecule has 0 aliphatic rings. The molecule has 3 heteroatoms. The first-order valence-electron chi connectivity index (χ1n) is 6.01. The van der Waals surface area contributed by atoms with Gasteiger partial charge in [-0.15, -0.1) is 0 Å². The fraction of sp³-hybridized carbons (Fsp3) is 0.923. The Hall–Kier alpha value is -0.0800. The van der Waals surface area contributed by atoms with Gasteiger partial charge in [0, 0.05) is 6.61 Å². The molecule has 0 amide bonds. The summed E-state index contributed by atoms with van der Waals surface area (Å²) < 4.78 is 5.70. The minimum absolute atomic E-state index is 0.0741. The summed E-state index contributed by atoms with van der Waals surface area (Å²) >= 11 is 5.72. The van der Waals surface area contributed by atoms with Crippen molar-refractivity contribution in [1.82, 2.24) is 0 Å². The molecule has 0 N–H and O–H groups in total. The molecule has 0 spiro atoms. The van der Waals surface area contributed by atoms with Gasteiger partial charge < -0.3 is 4.74 Å². The predicted octanol–water partition coefficient (Wildman–Crippen LogP) is 3.87. The fourth-order valence-corrected chi connectivity index (χ4v) is 2.49. The molecule has 0 radical (unpaired) electrons. The summed E-state index contributed by atoms with van der Waals surface area (Å²) in [6.45, 7) is 12.9. The number of rotatable bonds is 6. The van der Waals surface area contributed by atoms with E-state index < -0.39 is 0 Å². The fourth-order valence-electron chi connectivity index (χ4n) is 2.02. The summed E-state index contributed by atoms with van der Waals surface area (Å²) in [6, 6.07) is 0.